The molecule has 0 N–H and O–H groups in total. The summed E-state index contributed by atoms with van der Waals surface area (Å²) >= 11 is 0. The summed E-state index contributed by atoms with van der Waals surface area (Å²) < 4.78 is 35.1. The van der Waals surface area contributed by atoms with E-state index in [0.29, 0.717) is 6.54 Å². The van der Waals surface area contributed by atoms with Gasteiger partial charge in [0.05, 0.1) is 5.92 Å². The van der Waals surface area contributed by atoms with Gasteiger partial charge in [0.25, 0.3) is 0 Å². The van der Waals surface area contributed by atoms with Crippen molar-refractivity contribution < 1.29 is 31.7 Å². The average Bonchev–Trinajstić information content (AvgIpc) is 3.23. The van der Waals surface area contributed by atoms with Gasteiger partial charge >= 0.3 is 16.1 Å². The van der Waals surface area contributed by atoms with Gasteiger partial charge in [0.2, 0.25) is 5.91 Å². The Morgan fingerprint density at radius 1 is 0.944 bits per heavy atom. The van der Waals surface area contributed by atoms with Crippen LogP contribution < -0.4 is 4.18 Å². The van der Waals surface area contributed by atoms with E-state index in [0.717, 1.165) is 11.1 Å². The van der Waals surface area contributed by atoms with Crippen LogP contribution in [0, 0.1) is 12.8 Å². The number of ketones is 1. The molecule has 1 saturated heterocycles. The van der Waals surface area contributed by atoms with Crippen molar-refractivity contribution in [1.82, 2.24) is 4.90 Å². The first-order chi connectivity index (χ1) is 17.2. The highest BCUT2D eigenvalue weighted by Crippen LogP contribution is 2.22. The molecule has 186 valence electrons. The number of aryl methyl sites for hydroxylation is 1. The summed E-state index contributed by atoms with van der Waals surface area (Å²) in [6.45, 7) is 2.01. The highest BCUT2D eigenvalue weighted by Gasteiger charge is 2.35. The van der Waals surface area contributed by atoms with Gasteiger partial charge in [-0.25, -0.2) is 0 Å². The first-order valence-electron chi connectivity index (χ1n) is 11.3. The van der Waals surface area contributed by atoms with Crippen LogP contribution in [0.4, 0.5) is 0 Å². The smallest absolute Gasteiger partial charge is 0.339 e. The molecule has 1 aliphatic heterocycles. The molecule has 3 aromatic carbocycles. The van der Waals surface area contributed by atoms with E-state index in [4.69, 9.17) is 8.92 Å². The van der Waals surface area contributed by atoms with Crippen molar-refractivity contribution in [2.75, 3.05) is 13.2 Å². The minimum atomic E-state index is -4.01. The van der Waals surface area contributed by atoms with Crippen molar-refractivity contribution in [1.29, 1.82) is 0 Å². The second-order valence-corrected chi connectivity index (χ2v) is 10.1. The van der Waals surface area contributed by atoms with Crippen LogP contribution >= 0.6 is 0 Å². The highest BCUT2D eigenvalue weighted by molar-refractivity contribution is 7.87. The van der Waals surface area contributed by atoms with E-state index in [1.807, 2.05) is 37.3 Å². The zero-order chi connectivity index (χ0) is 25.7. The summed E-state index contributed by atoms with van der Waals surface area (Å²) in [5.41, 5.74) is 2.12. The maximum Gasteiger partial charge on any atom is 0.339 e. The molecule has 0 saturated carbocycles. The molecular formula is C27H25NO7S. The van der Waals surface area contributed by atoms with Crippen LogP contribution in [0.1, 0.15) is 27.9 Å². The van der Waals surface area contributed by atoms with Crippen LogP contribution in [-0.2, 0) is 31.0 Å². The quantitative estimate of drug-likeness (QED) is 0.248. The Bertz CT molecular complexity index is 1350. The van der Waals surface area contributed by atoms with Gasteiger partial charge in [-0.2, -0.15) is 8.42 Å². The van der Waals surface area contributed by atoms with Crippen molar-refractivity contribution in [3.05, 3.63) is 95.6 Å². The summed E-state index contributed by atoms with van der Waals surface area (Å²) in [5, 5.41) is 0. The molecule has 9 heteroatoms. The van der Waals surface area contributed by atoms with E-state index < -0.39 is 34.4 Å². The van der Waals surface area contributed by atoms with E-state index in [1.165, 1.54) is 36.4 Å². The van der Waals surface area contributed by atoms with Crippen LogP contribution in [0.3, 0.4) is 0 Å². The number of amides is 1. The first-order valence-corrected chi connectivity index (χ1v) is 12.7. The average molecular weight is 508 g/mol. The number of esters is 1. The molecule has 1 amide bonds. The summed E-state index contributed by atoms with van der Waals surface area (Å²) in [6, 6.07) is 21.2. The number of carbonyl (C=O) groups excluding carboxylic acids is 3. The molecule has 0 spiro atoms. The maximum atomic E-state index is 12.5. The van der Waals surface area contributed by atoms with Crippen molar-refractivity contribution in [2.45, 2.75) is 24.8 Å². The van der Waals surface area contributed by atoms with Gasteiger partial charge in [0, 0.05) is 25.1 Å². The van der Waals surface area contributed by atoms with E-state index >= 15 is 0 Å². The van der Waals surface area contributed by atoms with Gasteiger partial charge in [-0.3, -0.25) is 14.4 Å². The largest absolute Gasteiger partial charge is 0.457 e. The Morgan fingerprint density at radius 2 is 1.61 bits per heavy atom. The van der Waals surface area contributed by atoms with Gasteiger partial charge in [0.1, 0.15) is 10.6 Å². The fourth-order valence-electron chi connectivity index (χ4n) is 3.80. The number of hydrogen-bond donors (Lipinski definition) is 0. The van der Waals surface area contributed by atoms with E-state index in [-0.39, 0.29) is 35.1 Å². The van der Waals surface area contributed by atoms with Crippen LogP contribution in [0.15, 0.2) is 83.8 Å². The van der Waals surface area contributed by atoms with E-state index in [9.17, 15) is 22.8 Å². The molecule has 3 aromatic rings. The Labute approximate surface area is 209 Å². The van der Waals surface area contributed by atoms with E-state index in [1.54, 1.807) is 17.0 Å². The predicted octanol–water partition coefficient (Wildman–Crippen LogP) is 3.54. The molecular weight excluding hydrogens is 482 g/mol. The number of likely N-dealkylation sites (tertiary alicyclic amines) is 1. The molecule has 0 aromatic heterocycles. The molecule has 1 fully saturated rings. The topological polar surface area (TPSA) is 107 Å². The Balaban J connectivity index is 1.28. The zero-order valence-corrected chi connectivity index (χ0v) is 20.4. The molecule has 0 radical (unpaired) electrons. The lowest BCUT2D eigenvalue weighted by atomic mass is 10.1. The number of hydrogen-bond acceptors (Lipinski definition) is 7. The van der Waals surface area contributed by atoms with Crippen LogP contribution in [0.2, 0.25) is 0 Å². The minimum Gasteiger partial charge on any atom is -0.457 e. The van der Waals surface area contributed by atoms with Crippen molar-refractivity contribution in [3.8, 4) is 5.75 Å². The highest BCUT2D eigenvalue weighted by atomic mass is 32.2. The molecule has 8 nitrogen and oxygen atoms in total. The number of Topliss-reactive ketones (excluding diaryl/α,β-unsaturated/α-hetero) is 1. The van der Waals surface area contributed by atoms with Crippen LogP contribution in [0.5, 0.6) is 5.75 Å². The molecule has 1 atom stereocenters. The number of ether oxygens (including phenoxy) is 1. The van der Waals surface area contributed by atoms with Gasteiger partial charge in [0.15, 0.2) is 12.4 Å². The lowest BCUT2D eigenvalue weighted by Crippen LogP contribution is -2.27. The second-order valence-electron chi connectivity index (χ2n) is 8.57. The first kappa shape index (κ1) is 25.1. The Morgan fingerprint density at radius 3 is 2.28 bits per heavy atom. The molecule has 0 unspecified atom stereocenters. The van der Waals surface area contributed by atoms with Gasteiger partial charge in [-0.1, -0.05) is 48.0 Å². The third-order valence-corrected chi connectivity index (χ3v) is 7.06. The molecule has 0 aliphatic carbocycles. The van der Waals surface area contributed by atoms with Crippen LogP contribution in [-0.4, -0.2) is 44.1 Å². The second kappa shape index (κ2) is 10.7. The standard InChI is InChI=1S/C27H25NO7S/c1-19-7-13-24(14-8-19)36(32,33)35-23-11-9-21(10-12-23)25(29)18-34-27(31)22-15-26(30)28(17-22)16-20-5-3-2-4-6-20/h2-14,22H,15-18H2,1H3/t22-/m1/s1. The minimum absolute atomic E-state index is 0.0212. The van der Waals surface area contributed by atoms with E-state index in [2.05, 4.69) is 0 Å². The number of rotatable bonds is 9. The third kappa shape index (κ3) is 6.17. The molecule has 1 aliphatic rings. The molecule has 1 heterocycles. The Kier molecular flexibility index (Phi) is 7.49. The third-order valence-electron chi connectivity index (χ3n) is 5.80. The summed E-state index contributed by atoms with van der Waals surface area (Å²) in [7, 11) is -4.01. The zero-order valence-electron chi connectivity index (χ0n) is 19.6. The molecule has 36 heavy (non-hydrogen) atoms. The number of benzene rings is 3. The summed E-state index contributed by atoms with van der Waals surface area (Å²) in [5.74, 6) is -1.77. The van der Waals surface area contributed by atoms with Crippen molar-refractivity contribution >= 4 is 27.8 Å². The van der Waals surface area contributed by atoms with Crippen molar-refractivity contribution in [3.63, 3.8) is 0 Å². The van der Waals surface area contributed by atoms with Crippen LogP contribution in [0.25, 0.3) is 0 Å². The molecule has 4 rings (SSSR count). The SMILES string of the molecule is Cc1ccc(S(=O)(=O)Oc2ccc(C(=O)COC(=O)[C@@H]3CC(=O)N(Cc4ccccc4)C3)cc2)cc1. The van der Waals surface area contributed by atoms with Crippen molar-refractivity contribution in [2.24, 2.45) is 5.92 Å². The fraction of sp³-hybridized carbons (Fsp3) is 0.222. The predicted molar refractivity (Wildman–Crippen MR) is 131 cm³/mol. The summed E-state index contributed by atoms with van der Waals surface area (Å²) in [4.78, 5) is 38.8. The summed E-state index contributed by atoms with van der Waals surface area (Å²) in [6.07, 6.45) is 0.0430. The Hall–Kier alpha value is -3.98. The lowest BCUT2D eigenvalue weighted by Gasteiger charge is -2.16. The maximum absolute atomic E-state index is 12.5. The van der Waals surface area contributed by atoms with Gasteiger partial charge in [-0.05, 0) is 48.9 Å². The van der Waals surface area contributed by atoms with Gasteiger partial charge < -0.3 is 13.8 Å². The fourth-order valence-corrected chi connectivity index (χ4v) is 4.73. The lowest BCUT2D eigenvalue weighted by molar-refractivity contribution is -0.147. The van der Waals surface area contributed by atoms with Gasteiger partial charge in [-0.15, -0.1) is 0 Å². The normalized spacial score (nSPS) is 15.5. The number of nitrogens with zero attached hydrogens (tertiary/aromatic N) is 1. The monoisotopic (exact) mass is 507 g/mol. The molecule has 0 bridgehead atoms. The number of carbonyl (C=O) groups is 3.